The first kappa shape index (κ1) is 5.35. The van der Waals surface area contributed by atoms with Gasteiger partial charge in [0, 0.05) is 6.54 Å². The topological polar surface area (TPSA) is 46.2 Å². The van der Waals surface area contributed by atoms with Crippen molar-refractivity contribution in [1.82, 2.24) is 0 Å². The molecule has 2 atom stereocenters. The van der Waals surface area contributed by atoms with Crippen LogP contribution in [0.1, 0.15) is 0 Å². The van der Waals surface area contributed by atoms with Crippen LogP contribution in [0.4, 0.5) is 0 Å². The van der Waals surface area contributed by atoms with Crippen molar-refractivity contribution in [1.29, 1.82) is 0 Å². The first-order chi connectivity index (χ1) is 2.27. The van der Waals surface area contributed by atoms with E-state index < -0.39 is 5.85 Å². The van der Waals surface area contributed by atoms with Crippen molar-refractivity contribution in [3.8, 4) is 0 Å². The first-order valence-electron chi connectivity index (χ1n) is 1.41. The summed E-state index contributed by atoms with van der Waals surface area (Å²) in [5.41, 5.74) is 4.90. The Balaban J connectivity index is 2.54. The van der Waals surface area contributed by atoms with Gasteiger partial charge in [0.25, 0.3) is 0 Å². The van der Waals surface area contributed by atoms with E-state index >= 15 is 0 Å². The van der Waals surface area contributed by atoms with E-state index in [0.29, 0.717) is 6.54 Å². The molecule has 0 spiro atoms. The second-order valence-corrected chi connectivity index (χ2v) is 1.57. The fraction of sp³-hybridized carbons (Fsp3) is 1.00. The van der Waals surface area contributed by atoms with Gasteiger partial charge in [-0.15, -0.1) is 9.24 Å². The smallest absolute Gasteiger partial charge is 0.0795 e. The Bertz CT molecular complexity index is 23.6. The van der Waals surface area contributed by atoms with E-state index in [1.54, 1.807) is 0 Å². The Morgan fingerprint density at radius 1 is 2.00 bits per heavy atom. The fourth-order valence-corrected chi connectivity index (χ4v) is 0. The molecule has 0 aliphatic carbocycles. The molecule has 0 aromatic carbocycles. The minimum atomic E-state index is -0.421. The van der Waals surface area contributed by atoms with Crippen LogP contribution < -0.4 is 5.73 Å². The highest BCUT2D eigenvalue weighted by molar-refractivity contribution is 7.17. The minimum absolute atomic E-state index is 0.324. The Labute approximate surface area is 33.6 Å². The summed E-state index contributed by atoms with van der Waals surface area (Å²) in [7, 11) is 2.16. The van der Waals surface area contributed by atoms with Crippen LogP contribution in [0.5, 0.6) is 0 Å². The van der Waals surface area contributed by atoms with Gasteiger partial charge >= 0.3 is 0 Å². The van der Waals surface area contributed by atoms with E-state index in [2.05, 4.69) is 9.24 Å². The normalized spacial score (nSPS) is 15.0. The minimum Gasteiger partial charge on any atom is -0.388 e. The predicted octanol–water partition coefficient (Wildman–Crippen LogP) is -0.861. The molecule has 3 heteroatoms. The van der Waals surface area contributed by atoms with Gasteiger partial charge in [0.2, 0.25) is 0 Å². The maximum absolute atomic E-state index is 8.20. The molecule has 0 aliphatic rings. The van der Waals surface area contributed by atoms with E-state index in [-0.39, 0.29) is 0 Å². The number of aliphatic hydroxyl groups excluding tert-OH is 1. The van der Waals surface area contributed by atoms with Gasteiger partial charge in [0.15, 0.2) is 0 Å². The van der Waals surface area contributed by atoms with E-state index in [0.717, 1.165) is 0 Å². The lowest BCUT2D eigenvalue weighted by Crippen LogP contribution is -2.11. The third-order valence-electron chi connectivity index (χ3n) is 0.241. The van der Waals surface area contributed by atoms with E-state index in [1.165, 1.54) is 0 Å². The molecule has 0 saturated heterocycles. The van der Waals surface area contributed by atoms with Crippen LogP contribution in [0.15, 0.2) is 0 Å². The molecule has 0 aromatic heterocycles. The van der Waals surface area contributed by atoms with Gasteiger partial charge in [0.05, 0.1) is 5.85 Å². The van der Waals surface area contributed by atoms with Gasteiger partial charge in [-0.1, -0.05) is 0 Å². The predicted molar refractivity (Wildman–Crippen MR) is 24.8 cm³/mol. The summed E-state index contributed by atoms with van der Waals surface area (Å²) in [5, 5.41) is 8.20. The van der Waals surface area contributed by atoms with Crippen molar-refractivity contribution in [3.63, 3.8) is 0 Å². The summed E-state index contributed by atoms with van der Waals surface area (Å²) in [6.07, 6.45) is 0. The lowest BCUT2D eigenvalue weighted by atomic mass is 10.7. The maximum Gasteiger partial charge on any atom is 0.0795 e. The summed E-state index contributed by atoms with van der Waals surface area (Å²) >= 11 is 0. The summed E-state index contributed by atoms with van der Waals surface area (Å²) in [5.74, 6) is -0.421. The van der Waals surface area contributed by atoms with E-state index in [1.807, 2.05) is 0 Å². The molecule has 2 nitrogen and oxygen atoms in total. The number of hydrogen-bond acceptors (Lipinski definition) is 2. The van der Waals surface area contributed by atoms with Gasteiger partial charge in [-0.05, 0) is 0 Å². The molecule has 2 unspecified atom stereocenters. The molecule has 0 saturated carbocycles. The van der Waals surface area contributed by atoms with Crippen molar-refractivity contribution in [2.75, 3.05) is 6.54 Å². The molecule has 5 heavy (non-hydrogen) atoms. The van der Waals surface area contributed by atoms with Gasteiger partial charge in [0.1, 0.15) is 0 Å². The molecule has 0 bridgehead atoms. The molecule has 0 radical (unpaired) electrons. The molecule has 0 amide bonds. The van der Waals surface area contributed by atoms with E-state index in [9.17, 15) is 0 Å². The third-order valence-corrected chi connectivity index (χ3v) is 0.514. The van der Waals surface area contributed by atoms with Crippen LogP contribution >= 0.6 is 9.24 Å². The second-order valence-electron chi connectivity index (χ2n) is 0.803. The number of rotatable bonds is 1. The molecular formula is C2H8NOP. The number of hydrogen-bond donors (Lipinski definition) is 2. The number of nitrogens with two attached hydrogens (primary N) is 1. The second kappa shape index (κ2) is 2.58. The van der Waals surface area contributed by atoms with Crippen LogP contribution in [-0.4, -0.2) is 17.5 Å². The Hall–Kier alpha value is 0.350. The lowest BCUT2D eigenvalue weighted by molar-refractivity contribution is 0.270. The summed E-state index contributed by atoms with van der Waals surface area (Å²) < 4.78 is 0. The zero-order valence-electron chi connectivity index (χ0n) is 2.89. The third kappa shape index (κ3) is 4.35. The molecule has 0 aliphatic heterocycles. The molecule has 3 N–H and O–H groups in total. The van der Waals surface area contributed by atoms with Gasteiger partial charge in [-0.3, -0.25) is 0 Å². The van der Waals surface area contributed by atoms with Gasteiger partial charge in [-0.25, -0.2) is 0 Å². The quantitative estimate of drug-likeness (QED) is 0.414. The van der Waals surface area contributed by atoms with Crippen LogP contribution in [0.2, 0.25) is 0 Å². The first-order valence-corrected chi connectivity index (χ1v) is 2.07. The van der Waals surface area contributed by atoms with Crippen molar-refractivity contribution in [3.05, 3.63) is 0 Å². The Kier molecular flexibility index (Phi) is 2.76. The zero-order valence-corrected chi connectivity index (χ0v) is 4.04. The SMILES string of the molecule is NCC(O)P. The van der Waals surface area contributed by atoms with Crippen molar-refractivity contribution in [2.45, 2.75) is 5.85 Å². The molecule has 0 heterocycles. The van der Waals surface area contributed by atoms with Crippen LogP contribution in [0, 0.1) is 0 Å². The van der Waals surface area contributed by atoms with E-state index in [4.69, 9.17) is 10.8 Å². The zero-order chi connectivity index (χ0) is 4.28. The summed E-state index contributed by atoms with van der Waals surface area (Å²) in [4.78, 5) is 0. The van der Waals surface area contributed by atoms with Crippen LogP contribution in [-0.2, 0) is 0 Å². The lowest BCUT2D eigenvalue weighted by Gasteiger charge is -1.91. The largest absolute Gasteiger partial charge is 0.388 e. The monoisotopic (exact) mass is 93.0 g/mol. The van der Waals surface area contributed by atoms with Gasteiger partial charge < -0.3 is 10.8 Å². The fourth-order valence-electron chi connectivity index (χ4n) is 0. The Morgan fingerprint density at radius 2 is 2.20 bits per heavy atom. The summed E-state index contributed by atoms with van der Waals surface area (Å²) in [6, 6.07) is 0. The maximum atomic E-state index is 8.20. The molecule has 0 rings (SSSR count). The highest BCUT2D eigenvalue weighted by Crippen LogP contribution is 1.86. The highest BCUT2D eigenvalue weighted by Gasteiger charge is 1.81. The molecule has 0 fully saturated rings. The van der Waals surface area contributed by atoms with Crippen LogP contribution in [0.3, 0.4) is 0 Å². The molecule has 0 aromatic rings. The van der Waals surface area contributed by atoms with Gasteiger partial charge in [-0.2, -0.15) is 0 Å². The standard InChI is InChI=1S/C2H8NOP/c3-1-2(4)5/h2,4H,1,3,5H2. The molecular weight excluding hydrogens is 85.0 g/mol. The van der Waals surface area contributed by atoms with Crippen LogP contribution in [0.25, 0.3) is 0 Å². The number of aliphatic hydroxyl groups is 1. The van der Waals surface area contributed by atoms with Crippen molar-refractivity contribution < 1.29 is 5.11 Å². The summed E-state index contributed by atoms with van der Waals surface area (Å²) in [6.45, 7) is 0.324. The average molecular weight is 93.1 g/mol. The highest BCUT2D eigenvalue weighted by atomic mass is 31.0. The average Bonchev–Trinajstić information content (AvgIpc) is 1.38. The molecule has 32 valence electrons. The van der Waals surface area contributed by atoms with Crippen molar-refractivity contribution >= 4 is 9.24 Å². The Morgan fingerprint density at radius 3 is 2.20 bits per heavy atom. The van der Waals surface area contributed by atoms with Crippen molar-refractivity contribution in [2.24, 2.45) is 5.73 Å².